The van der Waals surface area contributed by atoms with Gasteiger partial charge in [0.1, 0.15) is 13.6 Å². The molecule has 0 saturated carbocycles. The highest BCUT2D eigenvalue weighted by Crippen LogP contribution is 2.09. The number of rotatable bonds is 28. The predicted molar refractivity (Wildman–Crippen MR) is 152 cm³/mol. The standard InChI is InChI=1S/C28H52Br2O3/c29-23-19-15-11-7-3-1-5-9-13-17-21-25-31-27-33-28-32-26-22-18-14-10-6-2-4-8-12-16-20-24-30/h9-10,13-14H,1-8,11-12,15-28H2. The Labute approximate surface area is 222 Å². The fourth-order valence-corrected chi connectivity index (χ4v) is 4.27. The third kappa shape index (κ3) is 32.3. The van der Waals surface area contributed by atoms with E-state index in [9.17, 15) is 0 Å². The van der Waals surface area contributed by atoms with E-state index in [4.69, 9.17) is 14.2 Å². The fourth-order valence-electron chi connectivity index (χ4n) is 3.48. The van der Waals surface area contributed by atoms with Crippen molar-refractivity contribution in [2.45, 2.75) is 116 Å². The van der Waals surface area contributed by atoms with E-state index in [1.165, 1.54) is 89.9 Å². The first-order valence-electron chi connectivity index (χ1n) is 13.6. The van der Waals surface area contributed by atoms with E-state index >= 15 is 0 Å². The zero-order valence-electron chi connectivity index (χ0n) is 21.3. The van der Waals surface area contributed by atoms with E-state index in [-0.39, 0.29) is 0 Å². The van der Waals surface area contributed by atoms with Gasteiger partial charge in [0.2, 0.25) is 0 Å². The Morgan fingerprint density at radius 3 is 1.09 bits per heavy atom. The average molecular weight is 597 g/mol. The van der Waals surface area contributed by atoms with Gasteiger partial charge >= 0.3 is 0 Å². The van der Waals surface area contributed by atoms with Gasteiger partial charge < -0.3 is 14.2 Å². The lowest BCUT2D eigenvalue weighted by atomic mass is 10.1. The number of hydrogen-bond acceptors (Lipinski definition) is 3. The lowest BCUT2D eigenvalue weighted by molar-refractivity contribution is -0.131. The first kappa shape index (κ1) is 33.3. The molecule has 0 bridgehead atoms. The van der Waals surface area contributed by atoms with Crippen LogP contribution in [0.25, 0.3) is 0 Å². The molecule has 0 amide bonds. The minimum absolute atomic E-state index is 0.328. The van der Waals surface area contributed by atoms with E-state index in [1.807, 2.05) is 0 Å². The number of alkyl halides is 2. The molecule has 0 N–H and O–H groups in total. The molecule has 0 fully saturated rings. The van der Waals surface area contributed by atoms with Gasteiger partial charge in [0.25, 0.3) is 0 Å². The van der Waals surface area contributed by atoms with Crippen LogP contribution in [0, 0.1) is 0 Å². The lowest BCUT2D eigenvalue weighted by Crippen LogP contribution is -2.06. The monoisotopic (exact) mass is 594 g/mol. The number of hydrogen-bond donors (Lipinski definition) is 0. The average Bonchev–Trinajstić information content (AvgIpc) is 2.83. The van der Waals surface area contributed by atoms with Crippen LogP contribution in [0.15, 0.2) is 24.3 Å². The molecule has 0 aromatic heterocycles. The number of allylic oxidation sites excluding steroid dienone is 4. The molecule has 3 nitrogen and oxygen atoms in total. The molecule has 0 heterocycles. The quantitative estimate of drug-likeness (QED) is 0.0390. The normalized spacial score (nSPS) is 11.9. The zero-order chi connectivity index (χ0) is 23.9. The largest absolute Gasteiger partial charge is 0.355 e. The van der Waals surface area contributed by atoms with Crippen molar-refractivity contribution in [3.63, 3.8) is 0 Å². The van der Waals surface area contributed by atoms with Crippen molar-refractivity contribution in [3.8, 4) is 0 Å². The summed E-state index contributed by atoms with van der Waals surface area (Å²) >= 11 is 6.97. The summed E-state index contributed by atoms with van der Waals surface area (Å²) < 4.78 is 16.3. The SMILES string of the molecule is BrCCCCCCCCC=CCCCOCOCOCCCC=CCCCCCCCCBr. The van der Waals surface area contributed by atoms with Gasteiger partial charge in [0.15, 0.2) is 0 Å². The number of halogens is 2. The molecule has 0 aliphatic heterocycles. The molecule has 5 heteroatoms. The molecule has 0 spiro atoms. The summed E-state index contributed by atoms with van der Waals surface area (Å²) in [7, 11) is 0. The molecule has 196 valence electrons. The van der Waals surface area contributed by atoms with Crippen molar-refractivity contribution in [2.24, 2.45) is 0 Å². The van der Waals surface area contributed by atoms with Gasteiger partial charge in [0, 0.05) is 23.9 Å². The Balaban J connectivity index is 3.11. The summed E-state index contributed by atoms with van der Waals surface area (Å²) in [6.07, 6.45) is 32.2. The van der Waals surface area contributed by atoms with Crippen molar-refractivity contribution >= 4 is 31.9 Å². The maximum absolute atomic E-state index is 5.49. The van der Waals surface area contributed by atoms with Crippen LogP contribution >= 0.6 is 31.9 Å². The maximum Gasteiger partial charge on any atom is 0.149 e. The van der Waals surface area contributed by atoms with Crippen molar-refractivity contribution in [2.75, 3.05) is 37.5 Å². The van der Waals surface area contributed by atoms with Crippen LogP contribution in [-0.2, 0) is 14.2 Å². The minimum Gasteiger partial charge on any atom is -0.355 e. The van der Waals surface area contributed by atoms with Crippen LogP contribution in [0.4, 0.5) is 0 Å². The molecule has 0 saturated heterocycles. The second kappa shape index (κ2) is 32.3. The predicted octanol–water partition coefficient (Wildman–Crippen LogP) is 9.88. The smallest absolute Gasteiger partial charge is 0.149 e. The van der Waals surface area contributed by atoms with E-state index in [1.54, 1.807) is 0 Å². The van der Waals surface area contributed by atoms with Crippen molar-refractivity contribution < 1.29 is 14.2 Å². The first-order chi connectivity index (χ1) is 16.4. The van der Waals surface area contributed by atoms with Crippen molar-refractivity contribution in [1.82, 2.24) is 0 Å². The van der Waals surface area contributed by atoms with Crippen LogP contribution in [0.1, 0.15) is 116 Å². The topological polar surface area (TPSA) is 27.7 Å². The van der Waals surface area contributed by atoms with Gasteiger partial charge in [-0.1, -0.05) is 108 Å². The van der Waals surface area contributed by atoms with E-state index < -0.39 is 0 Å². The summed E-state index contributed by atoms with van der Waals surface area (Å²) in [4.78, 5) is 0. The summed E-state index contributed by atoms with van der Waals surface area (Å²) in [5.74, 6) is 0. The molecular weight excluding hydrogens is 544 g/mol. The van der Waals surface area contributed by atoms with Gasteiger partial charge in [-0.2, -0.15) is 0 Å². The van der Waals surface area contributed by atoms with E-state index in [0.29, 0.717) is 13.6 Å². The third-order valence-electron chi connectivity index (χ3n) is 5.49. The molecule has 0 aliphatic carbocycles. The van der Waals surface area contributed by atoms with Gasteiger partial charge in [-0.3, -0.25) is 0 Å². The summed E-state index contributed by atoms with van der Waals surface area (Å²) in [5.41, 5.74) is 0. The Kier molecular flexibility index (Phi) is 32.6. The molecule has 0 rings (SSSR count). The molecule has 0 atom stereocenters. The zero-order valence-corrected chi connectivity index (χ0v) is 24.4. The van der Waals surface area contributed by atoms with Gasteiger partial charge in [-0.25, -0.2) is 0 Å². The molecule has 0 aromatic carbocycles. The van der Waals surface area contributed by atoms with Gasteiger partial charge in [-0.15, -0.1) is 0 Å². The van der Waals surface area contributed by atoms with E-state index in [0.717, 1.165) is 49.6 Å². The summed E-state index contributed by atoms with van der Waals surface area (Å²) in [5, 5.41) is 2.30. The van der Waals surface area contributed by atoms with Crippen molar-refractivity contribution in [3.05, 3.63) is 24.3 Å². The highest BCUT2D eigenvalue weighted by atomic mass is 79.9. The molecule has 0 aliphatic rings. The molecular formula is C28H52Br2O3. The second-order valence-corrected chi connectivity index (χ2v) is 10.3. The Hall–Kier alpha value is 0.320. The minimum atomic E-state index is 0.328. The van der Waals surface area contributed by atoms with Crippen LogP contribution in [0.5, 0.6) is 0 Å². The van der Waals surface area contributed by atoms with Gasteiger partial charge in [-0.05, 0) is 64.2 Å². The van der Waals surface area contributed by atoms with Crippen LogP contribution in [0.3, 0.4) is 0 Å². The molecule has 0 radical (unpaired) electrons. The Bertz CT molecular complexity index is 367. The lowest BCUT2D eigenvalue weighted by Gasteiger charge is -2.06. The summed E-state index contributed by atoms with van der Waals surface area (Å²) in [6.45, 7) is 2.16. The van der Waals surface area contributed by atoms with Gasteiger partial charge in [0.05, 0.1) is 0 Å². The molecule has 33 heavy (non-hydrogen) atoms. The molecule has 0 aromatic rings. The second-order valence-electron chi connectivity index (χ2n) is 8.68. The third-order valence-corrected chi connectivity index (χ3v) is 6.62. The van der Waals surface area contributed by atoms with Crippen molar-refractivity contribution in [1.29, 1.82) is 0 Å². The summed E-state index contributed by atoms with van der Waals surface area (Å²) in [6, 6.07) is 0. The Morgan fingerprint density at radius 1 is 0.364 bits per heavy atom. The highest BCUT2D eigenvalue weighted by molar-refractivity contribution is 9.09. The maximum atomic E-state index is 5.49. The Morgan fingerprint density at radius 2 is 0.697 bits per heavy atom. The highest BCUT2D eigenvalue weighted by Gasteiger charge is 1.93. The van der Waals surface area contributed by atoms with Crippen LogP contribution in [0.2, 0.25) is 0 Å². The van der Waals surface area contributed by atoms with Crippen LogP contribution in [-0.4, -0.2) is 37.5 Å². The number of ether oxygens (including phenoxy) is 3. The number of unbranched alkanes of at least 4 members (excludes halogenated alkanes) is 14. The van der Waals surface area contributed by atoms with Crippen LogP contribution < -0.4 is 0 Å². The fraction of sp³-hybridized carbons (Fsp3) is 0.857. The first-order valence-corrected chi connectivity index (χ1v) is 15.8. The van der Waals surface area contributed by atoms with E-state index in [2.05, 4.69) is 56.2 Å². The molecule has 0 unspecified atom stereocenters.